The van der Waals surface area contributed by atoms with E-state index in [1.165, 1.54) is 0 Å². The molecule has 0 atom stereocenters. The Morgan fingerprint density at radius 3 is 2.48 bits per heavy atom. The van der Waals surface area contributed by atoms with Crippen molar-refractivity contribution in [2.45, 2.75) is 0 Å². The lowest BCUT2D eigenvalue weighted by Gasteiger charge is -1.96. The number of hydrogen-bond acceptors (Lipinski definition) is 3. The zero-order valence-electron chi connectivity index (χ0n) is 12.1. The molecule has 0 fully saturated rings. The number of hydrogen-bond donors (Lipinski definition) is 5. The molecule has 0 aliphatic rings. The van der Waals surface area contributed by atoms with E-state index in [4.69, 9.17) is 17.2 Å². The van der Waals surface area contributed by atoms with Crippen molar-refractivity contribution in [2.75, 3.05) is 0 Å². The fraction of sp³-hybridized carbons (Fsp3) is 0. The predicted molar refractivity (Wildman–Crippen MR) is 90.3 cm³/mol. The van der Waals surface area contributed by atoms with Crippen LogP contribution in [0.4, 0.5) is 5.69 Å². The van der Waals surface area contributed by atoms with E-state index in [1.54, 1.807) is 36.4 Å². The number of phenols is 1. The Balaban J connectivity index is 1.98. The minimum atomic E-state index is -0.150. The lowest BCUT2D eigenvalue weighted by molar-refractivity contribution is 0.475. The fourth-order valence-corrected chi connectivity index (χ4v) is 2.11. The fourth-order valence-electron chi connectivity index (χ4n) is 2.11. The molecular formula is C15H15N7O. The van der Waals surface area contributed by atoms with E-state index in [0.717, 1.165) is 16.6 Å². The summed E-state index contributed by atoms with van der Waals surface area (Å²) in [7, 11) is 0. The lowest BCUT2D eigenvalue weighted by Crippen LogP contribution is -2.26. The van der Waals surface area contributed by atoms with Crippen molar-refractivity contribution in [3.8, 4) is 17.1 Å². The number of aromatic amines is 1. The van der Waals surface area contributed by atoms with Gasteiger partial charge in [0, 0.05) is 5.56 Å². The SMILES string of the molecule is NC(N)=NC(N)=Nc1ccc2nc(-c3ccc(O)cc3)[nH]c2c1. The second kappa shape index (κ2) is 5.68. The number of imidazole rings is 1. The number of H-pyrrole nitrogens is 1. The van der Waals surface area contributed by atoms with E-state index < -0.39 is 0 Å². The number of phenolic OH excluding ortho intramolecular Hbond substituents is 1. The van der Waals surface area contributed by atoms with Gasteiger partial charge in [-0.2, -0.15) is 4.99 Å². The third-order valence-corrected chi connectivity index (χ3v) is 3.09. The Morgan fingerprint density at radius 2 is 1.78 bits per heavy atom. The van der Waals surface area contributed by atoms with Crippen LogP contribution in [-0.2, 0) is 0 Å². The van der Waals surface area contributed by atoms with Crippen LogP contribution in [0.25, 0.3) is 22.4 Å². The van der Waals surface area contributed by atoms with Crippen LogP contribution in [0.2, 0.25) is 0 Å². The molecule has 0 spiro atoms. The van der Waals surface area contributed by atoms with Gasteiger partial charge in [-0.1, -0.05) is 0 Å². The van der Waals surface area contributed by atoms with E-state index in [2.05, 4.69) is 20.0 Å². The van der Waals surface area contributed by atoms with Gasteiger partial charge in [0.05, 0.1) is 16.7 Å². The summed E-state index contributed by atoms with van der Waals surface area (Å²) in [6.07, 6.45) is 0. The van der Waals surface area contributed by atoms with Crippen molar-refractivity contribution >= 4 is 28.6 Å². The zero-order valence-corrected chi connectivity index (χ0v) is 12.1. The lowest BCUT2D eigenvalue weighted by atomic mass is 10.2. The highest BCUT2D eigenvalue weighted by atomic mass is 16.3. The summed E-state index contributed by atoms with van der Waals surface area (Å²) < 4.78 is 0. The number of aliphatic imine (C=N–C) groups is 2. The molecule has 23 heavy (non-hydrogen) atoms. The highest BCUT2D eigenvalue weighted by Crippen LogP contribution is 2.25. The molecule has 8 N–H and O–H groups in total. The maximum atomic E-state index is 9.34. The number of aromatic nitrogens is 2. The van der Waals surface area contributed by atoms with Crippen molar-refractivity contribution in [2.24, 2.45) is 27.2 Å². The first-order valence-corrected chi connectivity index (χ1v) is 6.74. The molecule has 0 aliphatic carbocycles. The van der Waals surface area contributed by atoms with Gasteiger partial charge >= 0.3 is 0 Å². The number of benzene rings is 2. The summed E-state index contributed by atoms with van der Waals surface area (Å²) in [5, 5.41) is 9.34. The van der Waals surface area contributed by atoms with Crippen molar-refractivity contribution in [3.63, 3.8) is 0 Å². The van der Waals surface area contributed by atoms with Gasteiger partial charge in [0.2, 0.25) is 5.96 Å². The normalized spacial score (nSPS) is 11.6. The number of fused-ring (bicyclic) bond motifs is 1. The molecular weight excluding hydrogens is 294 g/mol. The molecule has 8 heteroatoms. The number of guanidine groups is 2. The summed E-state index contributed by atoms with van der Waals surface area (Å²) in [4.78, 5) is 15.5. The standard InChI is InChI=1S/C15H15N7O/c16-14(17)22-15(18)19-9-3-6-11-12(7-9)21-13(20-11)8-1-4-10(23)5-2-8/h1-7,23H,(H,20,21)(H6,16,17,18,19,22). The van der Waals surface area contributed by atoms with Crippen LogP contribution in [-0.4, -0.2) is 27.0 Å². The first-order valence-electron chi connectivity index (χ1n) is 6.74. The first kappa shape index (κ1) is 14.4. The molecule has 1 aromatic heterocycles. The zero-order chi connectivity index (χ0) is 16.4. The van der Waals surface area contributed by atoms with Crippen molar-refractivity contribution in [1.29, 1.82) is 0 Å². The smallest absolute Gasteiger partial charge is 0.223 e. The molecule has 3 rings (SSSR count). The minimum Gasteiger partial charge on any atom is -0.508 e. The number of nitrogens with two attached hydrogens (primary N) is 3. The van der Waals surface area contributed by atoms with E-state index in [-0.39, 0.29) is 17.7 Å². The molecule has 8 nitrogen and oxygen atoms in total. The molecule has 2 aromatic carbocycles. The summed E-state index contributed by atoms with van der Waals surface area (Å²) in [5.74, 6) is 0.723. The number of nitrogens with zero attached hydrogens (tertiary/aromatic N) is 3. The Hall–Kier alpha value is -3.55. The average molecular weight is 309 g/mol. The van der Waals surface area contributed by atoms with E-state index in [9.17, 15) is 5.11 Å². The topological polar surface area (TPSA) is 152 Å². The van der Waals surface area contributed by atoms with Gasteiger partial charge in [-0.15, -0.1) is 0 Å². The monoisotopic (exact) mass is 309 g/mol. The van der Waals surface area contributed by atoms with Gasteiger partial charge in [0.1, 0.15) is 11.6 Å². The van der Waals surface area contributed by atoms with E-state index in [0.29, 0.717) is 11.5 Å². The molecule has 0 unspecified atom stereocenters. The molecule has 1 heterocycles. The van der Waals surface area contributed by atoms with Gasteiger partial charge in [0.25, 0.3) is 0 Å². The predicted octanol–water partition coefficient (Wildman–Crippen LogP) is 1.16. The molecule has 0 bridgehead atoms. The Bertz CT molecular complexity index is 905. The van der Waals surface area contributed by atoms with Crippen LogP contribution < -0.4 is 17.2 Å². The third kappa shape index (κ3) is 3.21. The van der Waals surface area contributed by atoms with Gasteiger partial charge in [-0.3, -0.25) is 0 Å². The largest absolute Gasteiger partial charge is 0.508 e. The minimum absolute atomic E-state index is 0.0253. The van der Waals surface area contributed by atoms with Crippen LogP contribution in [0, 0.1) is 0 Å². The molecule has 0 saturated heterocycles. The molecule has 116 valence electrons. The molecule has 0 aliphatic heterocycles. The second-order valence-electron chi connectivity index (χ2n) is 4.84. The summed E-state index contributed by atoms with van der Waals surface area (Å²) >= 11 is 0. The van der Waals surface area contributed by atoms with Crippen LogP contribution in [0.15, 0.2) is 52.4 Å². The third-order valence-electron chi connectivity index (χ3n) is 3.09. The van der Waals surface area contributed by atoms with Gasteiger partial charge < -0.3 is 27.3 Å². The molecule has 0 saturated carbocycles. The van der Waals surface area contributed by atoms with Crippen molar-refractivity contribution in [3.05, 3.63) is 42.5 Å². The van der Waals surface area contributed by atoms with Crippen LogP contribution >= 0.6 is 0 Å². The second-order valence-corrected chi connectivity index (χ2v) is 4.84. The summed E-state index contributed by atoms with van der Waals surface area (Å²) in [5.41, 5.74) is 19.2. The number of rotatable bonds is 2. The Morgan fingerprint density at radius 1 is 1.04 bits per heavy atom. The number of aromatic hydroxyl groups is 1. The van der Waals surface area contributed by atoms with Crippen LogP contribution in [0.1, 0.15) is 0 Å². The maximum Gasteiger partial charge on any atom is 0.223 e. The highest BCUT2D eigenvalue weighted by molar-refractivity contribution is 5.94. The summed E-state index contributed by atoms with van der Waals surface area (Å²) in [6.45, 7) is 0. The Kier molecular flexibility index (Phi) is 3.55. The van der Waals surface area contributed by atoms with E-state index in [1.807, 2.05) is 6.07 Å². The van der Waals surface area contributed by atoms with Gasteiger partial charge in [0.15, 0.2) is 5.96 Å². The van der Waals surface area contributed by atoms with Crippen molar-refractivity contribution in [1.82, 2.24) is 9.97 Å². The first-order chi connectivity index (χ1) is 11.0. The van der Waals surface area contributed by atoms with E-state index >= 15 is 0 Å². The molecule has 0 amide bonds. The van der Waals surface area contributed by atoms with Crippen LogP contribution in [0.5, 0.6) is 5.75 Å². The quantitative estimate of drug-likeness (QED) is 0.355. The van der Waals surface area contributed by atoms with Crippen LogP contribution in [0.3, 0.4) is 0 Å². The molecule has 0 radical (unpaired) electrons. The van der Waals surface area contributed by atoms with Gasteiger partial charge in [-0.25, -0.2) is 9.98 Å². The number of nitrogens with one attached hydrogen (secondary N) is 1. The van der Waals surface area contributed by atoms with Crippen molar-refractivity contribution < 1.29 is 5.11 Å². The van der Waals surface area contributed by atoms with Gasteiger partial charge in [-0.05, 0) is 42.5 Å². The maximum absolute atomic E-state index is 9.34. The summed E-state index contributed by atoms with van der Waals surface area (Å²) in [6, 6.07) is 12.1. The Labute approximate surface area is 131 Å². The average Bonchev–Trinajstić information content (AvgIpc) is 2.90. The molecule has 3 aromatic rings. The highest BCUT2D eigenvalue weighted by Gasteiger charge is 2.06.